The number of nitrogens with one attached hydrogen (secondary N) is 1. The van der Waals surface area contributed by atoms with Crippen LogP contribution >= 0.6 is 0 Å². The van der Waals surface area contributed by atoms with Crippen LogP contribution in [0.5, 0.6) is 0 Å². The number of aromatic nitrogens is 2. The Morgan fingerprint density at radius 2 is 1.78 bits per heavy atom. The van der Waals surface area contributed by atoms with Gasteiger partial charge >= 0.3 is 5.97 Å². The van der Waals surface area contributed by atoms with Crippen LogP contribution in [0.25, 0.3) is 28.1 Å². The van der Waals surface area contributed by atoms with Crippen molar-refractivity contribution in [3.8, 4) is 0 Å². The normalized spacial score (nSPS) is 12.3. The fraction of sp³-hybridized carbons (Fsp3) is 0.0769. The summed E-state index contributed by atoms with van der Waals surface area (Å²) in [6, 6.07) is 16.5. The standard InChI is InChI=1S/C26H20F2N2O2/c1-2-21(22-14-20(27)9-10-23(22)28)26(18-8-11-24-19(13-18)15-29-30-24)17-6-3-16(4-7-17)5-12-25(31)32/h3-15H,2H2,1H3,(H,29,30)(H,31,32). The van der Waals surface area contributed by atoms with E-state index in [0.29, 0.717) is 12.0 Å². The summed E-state index contributed by atoms with van der Waals surface area (Å²) < 4.78 is 28.8. The fourth-order valence-corrected chi connectivity index (χ4v) is 3.77. The van der Waals surface area contributed by atoms with E-state index in [-0.39, 0.29) is 5.56 Å². The molecule has 0 radical (unpaired) electrons. The lowest BCUT2D eigenvalue weighted by molar-refractivity contribution is -0.131. The summed E-state index contributed by atoms with van der Waals surface area (Å²) in [6.45, 7) is 1.90. The zero-order valence-electron chi connectivity index (χ0n) is 17.3. The van der Waals surface area contributed by atoms with Crippen molar-refractivity contribution in [1.29, 1.82) is 0 Å². The minimum Gasteiger partial charge on any atom is -0.478 e. The van der Waals surface area contributed by atoms with Crippen molar-refractivity contribution in [1.82, 2.24) is 10.2 Å². The maximum Gasteiger partial charge on any atom is 0.328 e. The van der Waals surface area contributed by atoms with Gasteiger partial charge in [0, 0.05) is 17.0 Å². The molecular weight excluding hydrogens is 410 g/mol. The molecule has 0 saturated heterocycles. The van der Waals surface area contributed by atoms with E-state index in [1.54, 1.807) is 18.3 Å². The number of aromatic amines is 1. The predicted octanol–water partition coefficient (Wildman–Crippen LogP) is 6.31. The highest BCUT2D eigenvalue weighted by molar-refractivity contribution is 6.00. The molecule has 1 heterocycles. The first-order valence-corrected chi connectivity index (χ1v) is 10.1. The Kier molecular flexibility index (Phi) is 5.94. The molecule has 3 aromatic carbocycles. The molecule has 32 heavy (non-hydrogen) atoms. The lowest BCUT2D eigenvalue weighted by Crippen LogP contribution is -1.98. The van der Waals surface area contributed by atoms with Gasteiger partial charge in [0.05, 0.1) is 11.7 Å². The number of H-pyrrole nitrogens is 1. The van der Waals surface area contributed by atoms with Gasteiger partial charge in [0.2, 0.25) is 0 Å². The molecule has 6 heteroatoms. The highest BCUT2D eigenvalue weighted by Gasteiger charge is 2.17. The van der Waals surface area contributed by atoms with Crippen LogP contribution in [0.2, 0.25) is 0 Å². The average molecular weight is 430 g/mol. The van der Waals surface area contributed by atoms with Crippen molar-refractivity contribution in [2.24, 2.45) is 0 Å². The molecule has 0 aliphatic rings. The van der Waals surface area contributed by atoms with Crippen LogP contribution in [0.4, 0.5) is 8.78 Å². The van der Waals surface area contributed by atoms with Crippen molar-refractivity contribution in [3.63, 3.8) is 0 Å². The van der Waals surface area contributed by atoms with Gasteiger partial charge in [-0.25, -0.2) is 13.6 Å². The number of carboxylic acid groups (broad SMARTS) is 1. The molecule has 0 fully saturated rings. The largest absolute Gasteiger partial charge is 0.478 e. The highest BCUT2D eigenvalue weighted by Crippen LogP contribution is 2.36. The zero-order valence-corrected chi connectivity index (χ0v) is 17.3. The highest BCUT2D eigenvalue weighted by atomic mass is 19.1. The number of carbonyl (C=O) groups is 1. The van der Waals surface area contributed by atoms with E-state index < -0.39 is 17.6 Å². The van der Waals surface area contributed by atoms with Crippen LogP contribution in [0.3, 0.4) is 0 Å². The number of nitrogens with zero attached hydrogens (tertiary/aromatic N) is 1. The second-order valence-electron chi connectivity index (χ2n) is 7.30. The molecule has 4 rings (SSSR count). The van der Waals surface area contributed by atoms with E-state index in [1.165, 1.54) is 12.1 Å². The van der Waals surface area contributed by atoms with E-state index >= 15 is 0 Å². The zero-order chi connectivity index (χ0) is 22.7. The topological polar surface area (TPSA) is 66.0 Å². The minimum absolute atomic E-state index is 0.213. The SMILES string of the molecule is CCC(=C(c1ccc(C=CC(=O)O)cc1)c1ccc2[nH]ncc2c1)c1cc(F)ccc1F. The van der Waals surface area contributed by atoms with Crippen molar-refractivity contribution in [3.05, 3.63) is 107 Å². The Bertz CT molecular complexity index is 1350. The molecule has 1 aromatic heterocycles. The number of halogens is 2. The van der Waals surface area contributed by atoms with Gasteiger partial charge in [0.25, 0.3) is 0 Å². The molecule has 0 aliphatic heterocycles. The van der Waals surface area contributed by atoms with E-state index in [4.69, 9.17) is 5.11 Å². The van der Waals surface area contributed by atoms with Crippen LogP contribution in [-0.2, 0) is 4.79 Å². The second-order valence-corrected chi connectivity index (χ2v) is 7.30. The monoisotopic (exact) mass is 430 g/mol. The number of benzene rings is 3. The first-order valence-electron chi connectivity index (χ1n) is 10.1. The van der Waals surface area contributed by atoms with Crippen LogP contribution < -0.4 is 0 Å². The molecular formula is C26H20F2N2O2. The molecule has 0 atom stereocenters. The number of rotatable bonds is 6. The van der Waals surface area contributed by atoms with Crippen LogP contribution in [-0.4, -0.2) is 21.3 Å². The summed E-state index contributed by atoms with van der Waals surface area (Å²) in [5, 5.41) is 16.7. The Morgan fingerprint density at radius 3 is 2.50 bits per heavy atom. The summed E-state index contributed by atoms with van der Waals surface area (Å²) in [5.74, 6) is -2.03. The number of aliphatic carboxylic acids is 1. The Hall–Kier alpha value is -4.06. The molecule has 4 aromatic rings. The first kappa shape index (κ1) is 21.2. The van der Waals surface area contributed by atoms with Crippen LogP contribution in [0, 0.1) is 11.6 Å². The molecule has 0 unspecified atom stereocenters. The maximum absolute atomic E-state index is 14.8. The Labute approximate surface area is 183 Å². The molecule has 0 aliphatic carbocycles. The summed E-state index contributed by atoms with van der Waals surface area (Å²) in [4.78, 5) is 10.8. The average Bonchev–Trinajstić information content (AvgIpc) is 3.26. The van der Waals surface area contributed by atoms with E-state index in [0.717, 1.165) is 51.4 Å². The molecule has 0 bridgehead atoms. The van der Waals surface area contributed by atoms with Crippen molar-refractivity contribution >= 4 is 34.1 Å². The summed E-state index contributed by atoms with van der Waals surface area (Å²) in [7, 11) is 0. The minimum atomic E-state index is -1.03. The lowest BCUT2D eigenvalue weighted by atomic mass is 9.87. The number of allylic oxidation sites excluding steroid dienone is 1. The number of hydrogen-bond donors (Lipinski definition) is 2. The third-order valence-electron chi connectivity index (χ3n) is 5.26. The smallest absolute Gasteiger partial charge is 0.328 e. The van der Waals surface area contributed by atoms with Crippen LogP contribution in [0.1, 0.15) is 35.6 Å². The quantitative estimate of drug-likeness (QED) is 0.278. The summed E-state index contributed by atoms with van der Waals surface area (Å²) in [5.41, 5.74) is 4.89. The second kappa shape index (κ2) is 8.98. The summed E-state index contributed by atoms with van der Waals surface area (Å²) >= 11 is 0. The number of fused-ring (bicyclic) bond motifs is 1. The maximum atomic E-state index is 14.8. The van der Waals surface area contributed by atoms with Gasteiger partial charge in [0.15, 0.2) is 0 Å². The van der Waals surface area contributed by atoms with Crippen molar-refractivity contribution in [2.45, 2.75) is 13.3 Å². The van der Waals surface area contributed by atoms with Gasteiger partial charge in [-0.3, -0.25) is 5.10 Å². The third-order valence-corrected chi connectivity index (χ3v) is 5.26. The molecule has 160 valence electrons. The van der Waals surface area contributed by atoms with Gasteiger partial charge in [-0.05, 0) is 70.7 Å². The van der Waals surface area contributed by atoms with E-state index in [9.17, 15) is 13.6 Å². The molecule has 0 amide bonds. The Morgan fingerprint density at radius 1 is 1.03 bits per heavy atom. The van der Waals surface area contributed by atoms with Crippen molar-refractivity contribution < 1.29 is 18.7 Å². The van der Waals surface area contributed by atoms with E-state index in [1.807, 2.05) is 37.3 Å². The third kappa shape index (κ3) is 4.34. The van der Waals surface area contributed by atoms with Crippen molar-refractivity contribution in [2.75, 3.05) is 0 Å². The van der Waals surface area contributed by atoms with Gasteiger partial charge in [-0.15, -0.1) is 0 Å². The first-order chi connectivity index (χ1) is 15.5. The fourth-order valence-electron chi connectivity index (χ4n) is 3.77. The van der Waals surface area contributed by atoms with Crippen LogP contribution in [0.15, 0.2) is 72.9 Å². The van der Waals surface area contributed by atoms with Gasteiger partial charge < -0.3 is 5.11 Å². The van der Waals surface area contributed by atoms with Gasteiger partial charge in [-0.1, -0.05) is 37.3 Å². The molecule has 2 N–H and O–H groups in total. The predicted molar refractivity (Wildman–Crippen MR) is 122 cm³/mol. The van der Waals surface area contributed by atoms with E-state index in [2.05, 4.69) is 10.2 Å². The van der Waals surface area contributed by atoms with Gasteiger partial charge in [0.1, 0.15) is 11.6 Å². The molecule has 0 spiro atoms. The Balaban J connectivity index is 1.94. The lowest BCUT2D eigenvalue weighted by Gasteiger charge is -2.17. The van der Waals surface area contributed by atoms with Gasteiger partial charge in [-0.2, -0.15) is 5.10 Å². The summed E-state index contributed by atoms with van der Waals surface area (Å²) in [6.07, 6.45) is 4.75. The number of carboxylic acids is 1. The molecule has 0 saturated carbocycles. The molecule has 4 nitrogen and oxygen atoms in total. The number of hydrogen-bond acceptors (Lipinski definition) is 2.